The lowest BCUT2D eigenvalue weighted by atomic mass is 9.74. The van der Waals surface area contributed by atoms with E-state index in [2.05, 4.69) is 27.8 Å². The number of rotatable bonds is 6. The van der Waals surface area contributed by atoms with Crippen molar-refractivity contribution < 1.29 is 5.11 Å². The molecule has 4 heterocycles. The first-order valence-corrected chi connectivity index (χ1v) is 12.9. The van der Waals surface area contributed by atoms with Crippen LogP contribution in [0.4, 0.5) is 11.6 Å². The Bertz CT molecular complexity index is 1560. The van der Waals surface area contributed by atoms with Crippen molar-refractivity contribution in [2.45, 2.75) is 70.6 Å². The second kappa shape index (κ2) is 8.49. The number of hydrogen-bond donors (Lipinski definition) is 3. The second-order valence-corrected chi connectivity index (χ2v) is 11.2. The smallest absolute Gasteiger partial charge is 0.278 e. The molecule has 9 nitrogen and oxygen atoms in total. The molecule has 0 unspecified atom stereocenters. The average Bonchev–Trinajstić information content (AvgIpc) is 3.67. The molecular formula is C28H33N7O2. The van der Waals surface area contributed by atoms with Gasteiger partial charge < -0.3 is 15.7 Å². The van der Waals surface area contributed by atoms with Gasteiger partial charge in [0.2, 0.25) is 5.95 Å². The van der Waals surface area contributed by atoms with E-state index in [1.165, 1.54) is 11.1 Å². The number of pyridine rings is 1. The Kier molecular flexibility index (Phi) is 5.47. The van der Waals surface area contributed by atoms with E-state index in [1.807, 2.05) is 42.8 Å². The van der Waals surface area contributed by atoms with E-state index < -0.39 is 11.0 Å². The zero-order chi connectivity index (χ0) is 25.9. The predicted octanol–water partition coefficient (Wildman–Crippen LogP) is 3.75. The summed E-state index contributed by atoms with van der Waals surface area (Å²) >= 11 is 0. The van der Waals surface area contributed by atoms with E-state index in [0.29, 0.717) is 22.8 Å². The minimum Gasteiger partial charge on any atom is -0.390 e. The van der Waals surface area contributed by atoms with Crippen LogP contribution in [0.5, 0.6) is 0 Å². The highest BCUT2D eigenvalue weighted by atomic mass is 16.3. The molecule has 0 radical (unpaired) electrons. The van der Waals surface area contributed by atoms with Gasteiger partial charge in [-0.25, -0.2) is 19.3 Å². The van der Waals surface area contributed by atoms with Crippen molar-refractivity contribution in [1.29, 1.82) is 0 Å². The first kappa shape index (κ1) is 23.8. The Morgan fingerprint density at radius 2 is 1.89 bits per heavy atom. The number of hydrogen-bond acceptors (Lipinski definition) is 7. The van der Waals surface area contributed by atoms with Crippen molar-refractivity contribution in [3.8, 4) is 5.82 Å². The molecule has 1 aliphatic carbocycles. The van der Waals surface area contributed by atoms with Gasteiger partial charge >= 0.3 is 0 Å². The van der Waals surface area contributed by atoms with Gasteiger partial charge in [-0.2, -0.15) is 4.98 Å². The lowest BCUT2D eigenvalue weighted by Crippen LogP contribution is -2.43. The molecule has 0 amide bonds. The molecule has 0 saturated heterocycles. The van der Waals surface area contributed by atoms with E-state index in [1.54, 1.807) is 24.7 Å². The summed E-state index contributed by atoms with van der Waals surface area (Å²) in [6.45, 7) is 9.36. The number of nitrogens with zero attached hydrogens (tertiary/aromatic N) is 5. The van der Waals surface area contributed by atoms with E-state index in [9.17, 15) is 9.90 Å². The van der Waals surface area contributed by atoms with Crippen LogP contribution in [0.25, 0.3) is 16.9 Å². The van der Waals surface area contributed by atoms with Crippen molar-refractivity contribution >= 4 is 22.7 Å². The summed E-state index contributed by atoms with van der Waals surface area (Å²) in [6, 6.07) is 12.1. The molecule has 1 fully saturated rings. The number of aliphatic hydroxyl groups is 1. The van der Waals surface area contributed by atoms with Gasteiger partial charge in [0.15, 0.2) is 11.5 Å². The van der Waals surface area contributed by atoms with Gasteiger partial charge in [-0.3, -0.25) is 4.79 Å². The SMILES string of the molecule is CC(C)(O)C(C)(C)c1cccc(-n2c3nc(Nc4ccc5c(c4)CNCC5)ncc3c(=O)n2C2CC2)n1. The molecule has 192 valence electrons. The van der Waals surface area contributed by atoms with Gasteiger partial charge in [0.05, 0.1) is 17.3 Å². The fraction of sp³-hybridized carbons (Fsp3) is 0.429. The monoisotopic (exact) mass is 499 g/mol. The topological polar surface area (TPSA) is 110 Å². The highest BCUT2D eigenvalue weighted by molar-refractivity contribution is 5.77. The first-order valence-electron chi connectivity index (χ1n) is 12.9. The standard InChI is InChI=1S/C28H33N7O2/c1-27(2,28(3,4)37)22-6-5-7-23(32-22)35-24-21(25(36)34(35)20-10-11-20)16-30-26(33-24)31-19-9-8-17-12-13-29-15-18(17)14-19/h5-9,14,16,20,29,37H,10-13,15H2,1-4H3,(H,30,31,33). The van der Waals surface area contributed by atoms with Gasteiger partial charge in [-0.05, 0) is 75.0 Å². The Morgan fingerprint density at radius 1 is 1.08 bits per heavy atom. The Labute approximate surface area is 215 Å². The van der Waals surface area contributed by atoms with Gasteiger partial charge in [0.25, 0.3) is 5.56 Å². The first-order chi connectivity index (χ1) is 17.6. The number of benzene rings is 1. The predicted molar refractivity (Wildman–Crippen MR) is 144 cm³/mol. The summed E-state index contributed by atoms with van der Waals surface area (Å²) < 4.78 is 3.58. The largest absolute Gasteiger partial charge is 0.390 e. The summed E-state index contributed by atoms with van der Waals surface area (Å²) in [5, 5.41) is 18.0. The van der Waals surface area contributed by atoms with Crippen molar-refractivity contribution in [3.05, 3.63) is 69.8 Å². The molecule has 1 aromatic carbocycles. The van der Waals surface area contributed by atoms with Crippen LogP contribution in [0.15, 0.2) is 47.4 Å². The van der Waals surface area contributed by atoms with Crippen molar-refractivity contribution in [2.75, 3.05) is 11.9 Å². The number of aromatic nitrogens is 5. The molecule has 2 aliphatic rings. The molecule has 1 aliphatic heterocycles. The minimum absolute atomic E-state index is 0.110. The minimum atomic E-state index is -0.989. The van der Waals surface area contributed by atoms with Gasteiger partial charge in [0.1, 0.15) is 5.39 Å². The van der Waals surface area contributed by atoms with Gasteiger partial charge in [-0.15, -0.1) is 0 Å². The van der Waals surface area contributed by atoms with Crippen LogP contribution in [0, 0.1) is 0 Å². The van der Waals surface area contributed by atoms with Crippen molar-refractivity contribution in [3.63, 3.8) is 0 Å². The molecule has 0 spiro atoms. The molecule has 37 heavy (non-hydrogen) atoms. The maximum atomic E-state index is 13.4. The van der Waals surface area contributed by atoms with Crippen molar-refractivity contribution in [1.82, 2.24) is 29.6 Å². The molecule has 0 bridgehead atoms. The van der Waals surface area contributed by atoms with Crippen LogP contribution < -0.4 is 16.2 Å². The Hall–Kier alpha value is -3.56. The fourth-order valence-electron chi connectivity index (χ4n) is 4.82. The molecule has 9 heteroatoms. The van der Waals surface area contributed by atoms with Crippen LogP contribution in [0.3, 0.4) is 0 Å². The third-order valence-electron chi connectivity index (χ3n) is 7.99. The van der Waals surface area contributed by atoms with Crippen molar-refractivity contribution in [2.24, 2.45) is 0 Å². The van der Waals surface area contributed by atoms with E-state index in [0.717, 1.165) is 43.7 Å². The highest BCUT2D eigenvalue weighted by Gasteiger charge is 2.38. The van der Waals surface area contributed by atoms with Crippen LogP contribution in [0.2, 0.25) is 0 Å². The summed E-state index contributed by atoms with van der Waals surface area (Å²) in [4.78, 5) is 27.7. The summed E-state index contributed by atoms with van der Waals surface area (Å²) in [5.74, 6) is 1.02. The number of nitrogens with one attached hydrogen (secondary N) is 2. The summed E-state index contributed by atoms with van der Waals surface area (Å²) in [6.07, 6.45) is 4.50. The summed E-state index contributed by atoms with van der Waals surface area (Å²) in [7, 11) is 0. The molecule has 6 rings (SSSR count). The van der Waals surface area contributed by atoms with Crippen LogP contribution in [-0.4, -0.2) is 41.6 Å². The lowest BCUT2D eigenvalue weighted by molar-refractivity contribution is 0.00776. The van der Waals surface area contributed by atoms with Gasteiger partial charge in [-0.1, -0.05) is 26.0 Å². The maximum absolute atomic E-state index is 13.4. The molecule has 0 atom stereocenters. The quantitative estimate of drug-likeness (QED) is 0.371. The Balaban J connectivity index is 1.46. The molecule has 3 aromatic heterocycles. The van der Waals surface area contributed by atoms with E-state index >= 15 is 0 Å². The van der Waals surface area contributed by atoms with Crippen LogP contribution in [-0.2, 0) is 18.4 Å². The molecular weight excluding hydrogens is 466 g/mol. The average molecular weight is 500 g/mol. The fourth-order valence-corrected chi connectivity index (χ4v) is 4.82. The maximum Gasteiger partial charge on any atom is 0.278 e. The van der Waals surface area contributed by atoms with E-state index in [-0.39, 0.29) is 11.6 Å². The zero-order valence-electron chi connectivity index (χ0n) is 21.7. The summed E-state index contributed by atoms with van der Waals surface area (Å²) in [5.41, 5.74) is 3.07. The zero-order valence-corrected chi connectivity index (χ0v) is 21.7. The van der Waals surface area contributed by atoms with E-state index in [4.69, 9.17) is 9.97 Å². The Morgan fingerprint density at radius 3 is 2.65 bits per heavy atom. The highest BCUT2D eigenvalue weighted by Crippen LogP contribution is 2.37. The van der Waals surface area contributed by atoms with Crippen LogP contribution >= 0.6 is 0 Å². The number of fused-ring (bicyclic) bond motifs is 2. The molecule has 1 saturated carbocycles. The second-order valence-electron chi connectivity index (χ2n) is 11.2. The normalized spacial score (nSPS) is 16.1. The van der Waals surface area contributed by atoms with Crippen LogP contribution in [0.1, 0.15) is 63.4 Å². The molecule has 4 aromatic rings. The third-order valence-corrected chi connectivity index (χ3v) is 7.99. The number of anilines is 2. The lowest BCUT2D eigenvalue weighted by Gasteiger charge is -2.36. The molecule has 3 N–H and O–H groups in total. The third kappa shape index (κ3) is 4.12. The van der Waals surface area contributed by atoms with Gasteiger partial charge in [0, 0.05) is 23.8 Å².